The van der Waals surface area contributed by atoms with E-state index in [0.29, 0.717) is 38.3 Å². The molecule has 9 nitrogen and oxygen atoms in total. The molecule has 0 aliphatic carbocycles. The summed E-state index contributed by atoms with van der Waals surface area (Å²) in [5.74, 6) is 1.54. The maximum atomic E-state index is 13.3. The molecular formula is C33H38N3O6P. The number of anilines is 1. The number of benzene rings is 3. The number of hydrogen-bond donors (Lipinski definition) is 2. The molecule has 0 bridgehead atoms. The van der Waals surface area contributed by atoms with Gasteiger partial charge in [0.1, 0.15) is 11.5 Å². The first-order valence-electron chi connectivity index (χ1n) is 14.6. The van der Waals surface area contributed by atoms with Crippen LogP contribution in [0.2, 0.25) is 0 Å². The second-order valence-corrected chi connectivity index (χ2v) is 12.7. The lowest BCUT2D eigenvalue weighted by Gasteiger charge is -2.31. The van der Waals surface area contributed by atoms with Crippen LogP contribution in [0.1, 0.15) is 41.5 Å². The average molecular weight is 604 g/mol. The van der Waals surface area contributed by atoms with Gasteiger partial charge in [0, 0.05) is 30.4 Å². The van der Waals surface area contributed by atoms with Gasteiger partial charge in [-0.15, -0.1) is 0 Å². The van der Waals surface area contributed by atoms with Gasteiger partial charge in [0.25, 0.3) is 0 Å². The molecule has 1 aromatic heterocycles. The normalized spacial score (nSPS) is 13.1. The summed E-state index contributed by atoms with van der Waals surface area (Å²) in [7, 11) is -4.10. The molecule has 0 unspecified atom stereocenters. The van der Waals surface area contributed by atoms with Gasteiger partial charge in [-0.05, 0) is 85.2 Å². The second-order valence-electron chi connectivity index (χ2n) is 10.9. The van der Waals surface area contributed by atoms with E-state index in [9.17, 15) is 9.36 Å². The van der Waals surface area contributed by atoms with Gasteiger partial charge in [-0.2, -0.15) is 5.10 Å². The number of fused-ring (bicyclic) bond motifs is 1. The Labute approximate surface area is 252 Å². The minimum absolute atomic E-state index is 0.0564. The van der Waals surface area contributed by atoms with Crippen LogP contribution >= 0.6 is 7.60 Å². The smallest absolute Gasteiger partial charge is 0.328 e. The molecule has 10 heteroatoms. The van der Waals surface area contributed by atoms with Crippen LogP contribution in [0.5, 0.6) is 11.5 Å². The lowest BCUT2D eigenvalue weighted by atomic mass is 9.93. The number of nitrogens with zero attached hydrogens (tertiary/aromatic N) is 3. The molecule has 1 amide bonds. The van der Waals surface area contributed by atoms with Crippen LogP contribution in [0.3, 0.4) is 0 Å². The summed E-state index contributed by atoms with van der Waals surface area (Å²) in [4.78, 5) is 33.3. The van der Waals surface area contributed by atoms with E-state index in [2.05, 4.69) is 31.1 Å². The van der Waals surface area contributed by atoms with Crippen LogP contribution < -0.4 is 14.4 Å². The van der Waals surface area contributed by atoms with E-state index >= 15 is 0 Å². The van der Waals surface area contributed by atoms with Gasteiger partial charge in [0.05, 0.1) is 32.1 Å². The van der Waals surface area contributed by atoms with E-state index in [1.807, 2.05) is 64.4 Å². The Bertz CT molecular complexity index is 1630. The zero-order valence-electron chi connectivity index (χ0n) is 24.6. The van der Waals surface area contributed by atoms with Crippen molar-refractivity contribution in [3.05, 3.63) is 95.3 Å². The molecule has 43 heavy (non-hydrogen) atoms. The maximum absolute atomic E-state index is 13.3. The molecule has 0 saturated heterocycles. The van der Waals surface area contributed by atoms with E-state index in [1.54, 1.807) is 6.07 Å². The monoisotopic (exact) mass is 603 g/mol. The topological polar surface area (TPSA) is 114 Å². The molecule has 2 N–H and O–H groups in total. The lowest BCUT2D eigenvalue weighted by Crippen LogP contribution is -2.35. The highest BCUT2D eigenvalue weighted by Gasteiger charge is 2.25. The Morgan fingerprint density at radius 3 is 2.67 bits per heavy atom. The molecule has 5 rings (SSSR count). The first-order chi connectivity index (χ1) is 20.7. The summed E-state index contributed by atoms with van der Waals surface area (Å²) in [5.41, 5.74) is 7.48. The molecule has 3 aromatic carbocycles. The Kier molecular flexibility index (Phi) is 9.65. The zero-order chi connectivity index (χ0) is 30.4. The second kappa shape index (κ2) is 13.6. The number of aromatic nitrogens is 2. The van der Waals surface area contributed by atoms with Crippen molar-refractivity contribution in [1.29, 1.82) is 0 Å². The molecule has 0 fully saturated rings. The fourth-order valence-corrected chi connectivity index (χ4v) is 5.70. The summed E-state index contributed by atoms with van der Waals surface area (Å²) < 4.78 is 24.4. The van der Waals surface area contributed by atoms with Crippen LogP contribution in [-0.4, -0.2) is 51.4 Å². The SMILES string of the molecule is Cc1cccc(OCCCC(=O)N2CCCc3c(-c4cnn(Cc5cccc(OCCP(=O)(O)O)c5)c4)cccc32)c1C. The number of carbonyl (C=O) groups excluding carboxylic acids is 1. The third kappa shape index (κ3) is 7.93. The fraction of sp³-hybridized carbons (Fsp3) is 0.333. The molecule has 0 spiro atoms. The minimum atomic E-state index is -4.10. The van der Waals surface area contributed by atoms with Gasteiger partial charge in [0.15, 0.2) is 0 Å². The van der Waals surface area contributed by atoms with Crippen molar-refractivity contribution in [3.63, 3.8) is 0 Å². The molecule has 0 radical (unpaired) electrons. The van der Waals surface area contributed by atoms with Gasteiger partial charge in [0.2, 0.25) is 5.91 Å². The van der Waals surface area contributed by atoms with E-state index < -0.39 is 7.60 Å². The van der Waals surface area contributed by atoms with Crippen molar-refractivity contribution in [3.8, 4) is 22.6 Å². The molecular weight excluding hydrogens is 565 g/mol. The van der Waals surface area contributed by atoms with E-state index in [-0.39, 0.29) is 18.7 Å². The fourth-order valence-electron chi connectivity index (χ4n) is 5.37. The molecule has 1 aliphatic rings. The summed E-state index contributed by atoms with van der Waals surface area (Å²) in [6.07, 6.45) is 6.40. The van der Waals surface area contributed by atoms with E-state index in [1.165, 1.54) is 5.56 Å². The third-order valence-electron chi connectivity index (χ3n) is 7.74. The van der Waals surface area contributed by atoms with Crippen molar-refractivity contribution >= 4 is 19.2 Å². The van der Waals surface area contributed by atoms with Crippen LogP contribution in [0.4, 0.5) is 5.69 Å². The summed E-state index contributed by atoms with van der Waals surface area (Å²) in [6.45, 7) is 5.78. The Hall–Kier alpha value is -3.91. The Morgan fingerprint density at radius 1 is 1.02 bits per heavy atom. The Balaban J connectivity index is 1.22. The predicted octanol–water partition coefficient (Wildman–Crippen LogP) is 5.91. The number of amides is 1. The molecule has 4 aromatic rings. The van der Waals surface area contributed by atoms with Crippen LogP contribution in [0, 0.1) is 13.8 Å². The van der Waals surface area contributed by atoms with Crippen molar-refractivity contribution in [2.75, 3.05) is 30.8 Å². The summed E-state index contributed by atoms with van der Waals surface area (Å²) >= 11 is 0. The minimum Gasteiger partial charge on any atom is -0.493 e. The summed E-state index contributed by atoms with van der Waals surface area (Å²) in [6, 6.07) is 19.6. The van der Waals surface area contributed by atoms with Gasteiger partial charge in [-0.25, -0.2) is 0 Å². The Morgan fingerprint density at radius 2 is 1.84 bits per heavy atom. The number of hydrogen-bond acceptors (Lipinski definition) is 5. The summed E-state index contributed by atoms with van der Waals surface area (Å²) in [5, 5.41) is 4.58. The van der Waals surface area contributed by atoms with Crippen molar-refractivity contribution in [2.24, 2.45) is 0 Å². The van der Waals surface area contributed by atoms with Crippen LogP contribution in [-0.2, 0) is 22.3 Å². The first kappa shape index (κ1) is 30.5. The average Bonchev–Trinajstić information content (AvgIpc) is 3.44. The zero-order valence-corrected chi connectivity index (χ0v) is 25.5. The van der Waals surface area contributed by atoms with Gasteiger partial charge in [-0.3, -0.25) is 14.0 Å². The lowest BCUT2D eigenvalue weighted by molar-refractivity contribution is -0.118. The highest BCUT2D eigenvalue weighted by Crippen LogP contribution is 2.36. The third-order valence-corrected chi connectivity index (χ3v) is 8.50. The van der Waals surface area contributed by atoms with Crippen molar-refractivity contribution in [2.45, 2.75) is 46.1 Å². The van der Waals surface area contributed by atoms with Crippen molar-refractivity contribution in [1.82, 2.24) is 9.78 Å². The van der Waals surface area contributed by atoms with Gasteiger partial charge < -0.3 is 24.2 Å². The number of rotatable bonds is 12. The van der Waals surface area contributed by atoms with E-state index in [4.69, 9.17) is 19.3 Å². The number of ether oxygens (including phenoxy) is 2. The quantitative estimate of drug-likeness (QED) is 0.153. The molecule has 0 saturated carbocycles. The highest BCUT2D eigenvalue weighted by atomic mass is 31.2. The standard InChI is InChI=1S/C33H38N3O6P/c1-24-8-3-14-32(25(24)2)42-17-7-15-33(37)36-16-6-12-30-29(11-5-13-31(30)36)27-21-34-35(23-27)22-26-9-4-10-28(20-26)41-18-19-43(38,39)40/h3-5,8-11,13-14,20-21,23H,6-7,12,15-19,22H2,1-2H3,(H2,38,39,40). The van der Waals surface area contributed by atoms with Gasteiger partial charge >= 0.3 is 7.60 Å². The van der Waals surface area contributed by atoms with Crippen LogP contribution in [0.15, 0.2) is 73.1 Å². The largest absolute Gasteiger partial charge is 0.493 e. The number of aryl methyl sites for hydroxylation is 1. The molecule has 2 heterocycles. The highest BCUT2D eigenvalue weighted by molar-refractivity contribution is 7.51. The van der Waals surface area contributed by atoms with Gasteiger partial charge in [-0.1, -0.05) is 36.4 Å². The molecule has 1 aliphatic heterocycles. The van der Waals surface area contributed by atoms with Crippen LogP contribution in [0.25, 0.3) is 11.1 Å². The number of carbonyl (C=O) groups is 1. The predicted molar refractivity (Wildman–Crippen MR) is 167 cm³/mol. The first-order valence-corrected chi connectivity index (χ1v) is 16.4. The maximum Gasteiger partial charge on any atom is 0.328 e. The molecule has 226 valence electrons. The molecule has 0 atom stereocenters. The van der Waals surface area contributed by atoms with E-state index in [0.717, 1.165) is 52.1 Å². The van der Waals surface area contributed by atoms with Crippen molar-refractivity contribution < 1.29 is 28.6 Å².